The molecule has 1 unspecified atom stereocenters. The molecule has 2 aromatic rings. The van der Waals surface area contributed by atoms with Crippen molar-refractivity contribution in [1.82, 2.24) is 10.0 Å². The Morgan fingerprint density at radius 2 is 2.04 bits per heavy atom. The monoisotopic (exact) mass is 366 g/mol. The molecular weight excluding hydrogens is 344 g/mol. The van der Waals surface area contributed by atoms with E-state index in [0.717, 1.165) is 5.56 Å². The van der Waals surface area contributed by atoms with Gasteiger partial charge in [-0.1, -0.05) is 17.7 Å². The zero-order valence-corrected chi connectivity index (χ0v) is 15.0. The van der Waals surface area contributed by atoms with Crippen LogP contribution in [0.2, 0.25) is 0 Å². The van der Waals surface area contributed by atoms with Crippen molar-refractivity contribution in [2.75, 3.05) is 13.1 Å². The maximum Gasteiger partial charge on any atom is 0.240 e. The average molecular weight is 366 g/mol. The van der Waals surface area contributed by atoms with Gasteiger partial charge in [-0.05, 0) is 37.6 Å². The third-order valence-corrected chi connectivity index (χ3v) is 5.25. The van der Waals surface area contributed by atoms with Crippen molar-refractivity contribution in [3.8, 4) is 0 Å². The first-order chi connectivity index (χ1) is 11.8. The number of aliphatic hydroxyl groups is 1. The Morgan fingerprint density at radius 3 is 2.68 bits per heavy atom. The second kappa shape index (κ2) is 8.28. The first-order valence-electron chi connectivity index (χ1n) is 7.84. The second-order valence-corrected chi connectivity index (χ2v) is 7.49. The van der Waals surface area contributed by atoms with Gasteiger partial charge in [0.25, 0.3) is 0 Å². The molecule has 2 rings (SSSR count). The molecule has 1 heterocycles. The fourth-order valence-electron chi connectivity index (χ4n) is 2.36. The number of hydrogen-bond acceptors (Lipinski definition) is 5. The van der Waals surface area contributed by atoms with Crippen LogP contribution in [0.1, 0.15) is 29.4 Å². The Balaban J connectivity index is 1.80. The van der Waals surface area contributed by atoms with E-state index >= 15 is 0 Å². The predicted octanol–water partition coefficient (Wildman–Crippen LogP) is 1.41. The molecule has 0 aliphatic rings. The molecule has 136 valence electrons. The quantitative estimate of drug-likeness (QED) is 0.655. The summed E-state index contributed by atoms with van der Waals surface area (Å²) in [6, 6.07) is 8.31. The van der Waals surface area contributed by atoms with E-state index in [1.54, 1.807) is 37.3 Å². The van der Waals surface area contributed by atoms with E-state index in [1.807, 2.05) is 6.92 Å². The molecule has 0 aliphatic carbocycles. The molecule has 1 aromatic carbocycles. The topological polar surface area (TPSA) is 109 Å². The second-order valence-electron chi connectivity index (χ2n) is 5.75. The minimum Gasteiger partial charge on any atom is -0.467 e. The molecule has 0 saturated carbocycles. The highest BCUT2D eigenvalue weighted by Gasteiger charge is 2.17. The lowest BCUT2D eigenvalue weighted by Gasteiger charge is -2.11. The molecule has 3 N–H and O–H groups in total. The number of aliphatic hydroxyl groups excluding tert-OH is 1. The number of carbonyl (C=O) groups excluding carboxylic acids is 1. The number of carbonyl (C=O) groups is 1. The molecule has 0 radical (unpaired) electrons. The van der Waals surface area contributed by atoms with Gasteiger partial charge in [0.15, 0.2) is 0 Å². The van der Waals surface area contributed by atoms with Gasteiger partial charge in [0.1, 0.15) is 11.9 Å². The first-order valence-corrected chi connectivity index (χ1v) is 9.33. The predicted molar refractivity (Wildman–Crippen MR) is 92.4 cm³/mol. The summed E-state index contributed by atoms with van der Waals surface area (Å²) in [6.07, 6.45) is 0.461. The number of furan rings is 1. The van der Waals surface area contributed by atoms with Crippen molar-refractivity contribution in [3.63, 3.8) is 0 Å². The van der Waals surface area contributed by atoms with E-state index in [4.69, 9.17) is 4.42 Å². The summed E-state index contributed by atoms with van der Waals surface area (Å²) in [5.74, 6) is -0.00946. The average Bonchev–Trinajstić information content (AvgIpc) is 3.06. The number of amides is 1. The van der Waals surface area contributed by atoms with Gasteiger partial charge < -0.3 is 14.8 Å². The molecule has 8 heteroatoms. The lowest BCUT2D eigenvalue weighted by atomic mass is 10.2. The van der Waals surface area contributed by atoms with Gasteiger partial charge in [0.2, 0.25) is 15.9 Å². The summed E-state index contributed by atoms with van der Waals surface area (Å²) in [5.41, 5.74) is 1.63. The Labute approximate surface area is 147 Å². The van der Waals surface area contributed by atoms with Crippen LogP contribution in [-0.2, 0) is 14.8 Å². The van der Waals surface area contributed by atoms with Crippen molar-refractivity contribution >= 4 is 15.9 Å². The summed E-state index contributed by atoms with van der Waals surface area (Å²) >= 11 is 0. The van der Waals surface area contributed by atoms with Crippen LogP contribution in [0.4, 0.5) is 0 Å². The lowest BCUT2D eigenvalue weighted by molar-refractivity contribution is -0.121. The number of benzene rings is 1. The van der Waals surface area contributed by atoms with Gasteiger partial charge in [-0.25, -0.2) is 13.1 Å². The Kier molecular flexibility index (Phi) is 6.35. The zero-order chi connectivity index (χ0) is 18.4. The van der Waals surface area contributed by atoms with Crippen molar-refractivity contribution in [2.45, 2.75) is 31.3 Å². The lowest BCUT2D eigenvalue weighted by Crippen LogP contribution is -2.33. The van der Waals surface area contributed by atoms with E-state index in [0.29, 0.717) is 11.3 Å². The van der Waals surface area contributed by atoms with Crippen LogP contribution in [0.5, 0.6) is 0 Å². The van der Waals surface area contributed by atoms with Crippen LogP contribution in [-0.4, -0.2) is 32.5 Å². The molecule has 7 nitrogen and oxygen atoms in total. The SMILES string of the molecule is Cc1ccc(S(=O)(=O)NCCC(=O)NCC(O)c2ccco2)c(C)c1. The molecule has 0 fully saturated rings. The summed E-state index contributed by atoms with van der Waals surface area (Å²) < 4.78 is 32.0. The number of sulfonamides is 1. The molecule has 1 atom stereocenters. The standard InChI is InChI=1S/C17H22N2O5S/c1-12-5-6-16(13(2)10-12)25(22,23)19-8-7-17(21)18-11-14(20)15-4-3-9-24-15/h3-6,9-10,14,19-20H,7-8,11H2,1-2H3,(H,18,21). The van der Waals surface area contributed by atoms with Gasteiger partial charge >= 0.3 is 0 Å². The summed E-state index contributed by atoms with van der Waals surface area (Å²) in [4.78, 5) is 12.0. The minimum absolute atomic E-state index is 0.00380. The summed E-state index contributed by atoms with van der Waals surface area (Å²) in [7, 11) is -3.66. The van der Waals surface area contributed by atoms with Crippen LogP contribution in [0.25, 0.3) is 0 Å². The smallest absolute Gasteiger partial charge is 0.240 e. The van der Waals surface area contributed by atoms with Gasteiger partial charge in [-0.15, -0.1) is 0 Å². The molecule has 0 aliphatic heterocycles. The van der Waals surface area contributed by atoms with E-state index < -0.39 is 16.1 Å². The highest BCUT2D eigenvalue weighted by Crippen LogP contribution is 2.16. The van der Waals surface area contributed by atoms with Crippen molar-refractivity contribution in [2.24, 2.45) is 0 Å². The number of aryl methyl sites for hydroxylation is 2. The molecule has 25 heavy (non-hydrogen) atoms. The van der Waals surface area contributed by atoms with E-state index in [9.17, 15) is 18.3 Å². The maximum absolute atomic E-state index is 12.3. The number of rotatable bonds is 8. The fourth-order valence-corrected chi connectivity index (χ4v) is 3.61. The highest BCUT2D eigenvalue weighted by atomic mass is 32.2. The van der Waals surface area contributed by atoms with Crippen molar-refractivity contribution < 1.29 is 22.7 Å². The number of nitrogens with one attached hydrogen (secondary N) is 2. The zero-order valence-electron chi connectivity index (χ0n) is 14.2. The Morgan fingerprint density at radius 1 is 1.28 bits per heavy atom. The summed E-state index contributed by atoms with van der Waals surface area (Å²) in [6.45, 7) is 3.58. The number of hydrogen-bond donors (Lipinski definition) is 3. The Bertz CT molecular complexity index is 816. The Hall–Kier alpha value is -2.16. The molecule has 0 bridgehead atoms. The van der Waals surface area contributed by atoms with Crippen molar-refractivity contribution in [1.29, 1.82) is 0 Å². The van der Waals surface area contributed by atoms with Crippen LogP contribution in [0.3, 0.4) is 0 Å². The van der Waals surface area contributed by atoms with Crippen molar-refractivity contribution in [3.05, 3.63) is 53.5 Å². The van der Waals surface area contributed by atoms with Crippen LogP contribution >= 0.6 is 0 Å². The van der Waals surface area contributed by atoms with Crippen LogP contribution in [0.15, 0.2) is 45.9 Å². The van der Waals surface area contributed by atoms with E-state index in [1.165, 1.54) is 6.26 Å². The van der Waals surface area contributed by atoms with Gasteiger partial charge in [-0.2, -0.15) is 0 Å². The minimum atomic E-state index is -3.66. The third-order valence-electron chi connectivity index (χ3n) is 3.63. The van der Waals surface area contributed by atoms with Gasteiger partial charge in [0.05, 0.1) is 17.7 Å². The van der Waals surface area contributed by atoms with Gasteiger partial charge in [-0.3, -0.25) is 4.79 Å². The van der Waals surface area contributed by atoms with E-state index in [-0.39, 0.29) is 30.3 Å². The summed E-state index contributed by atoms with van der Waals surface area (Å²) in [5, 5.41) is 12.3. The normalized spacial score (nSPS) is 12.8. The van der Waals surface area contributed by atoms with Crippen LogP contribution in [0, 0.1) is 13.8 Å². The first kappa shape index (κ1) is 19.2. The molecule has 1 amide bonds. The molecule has 0 spiro atoms. The molecule has 1 aromatic heterocycles. The molecular formula is C17H22N2O5S. The third kappa shape index (κ3) is 5.42. The highest BCUT2D eigenvalue weighted by molar-refractivity contribution is 7.89. The van der Waals surface area contributed by atoms with Crippen LogP contribution < -0.4 is 10.0 Å². The molecule has 0 saturated heterocycles. The van der Waals surface area contributed by atoms with Gasteiger partial charge in [0, 0.05) is 13.0 Å². The fraction of sp³-hybridized carbons (Fsp3) is 0.353. The maximum atomic E-state index is 12.3. The largest absolute Gasteiger partial charge is 0.467 e. The van der Waals surface area contributed by atoms with E-state index in [2.05, 4.69) is 10.0 Å².